The van der Waals surface area contributed by atoms with Gasteiger partial charge in [-0.2, -0.15) is 0 Å². The summed E-state index contributed by atoms with van der Waals surface area (Å²) in [5.41, 5.74) is 1.31. The van der Waals surface area contributed by atoms with E-state index in [4.69, 9.17) is 0 Å². The van der Waals surface area contributed by atoms with Gasteiger partial charge in [0.1, 0.15) is 0 Å². The standard InChI is InChI=1S/C16H24N/c1-3-16-12-8-14-17(16,2)13-7-11-15-9-5-4-6-10-15/h4-7,9-11,16H,3,8,12-14H2,1-2H3/q+1/b11-7+/t16-,17?/m1/s1. The van der Waals surface area contributed by atoms with E-state index in [9.17, 15) is 0 Å². The summed E-state index contributed by atoms with van der Waals surface area (Å²) in [7, 11) is 2.41. The smallest absolute Gasteiger partial charge is 0.0977 e. The molecule has 1 heteroatoms. The van der Waals surface area contributed by atoms with Crippen molar-refractivity contribution in [2.75, 3.05) is 20.1 Å². The molecule has 17 heavy (non-hydrogen) atoms. The Hall–Kier alpha value is -1.08. The number of hydrogen-bond donors (Lipinski definition) is 0. The number of quaternary nitrogens is 1. The van der Waals surface area contributed by atoms with Gasteiger partial charge >= 0.3 is 0 Å². The molecule has 2 rings (SSSR count). The van der Waals surface area contributed by atoms with Crippen molar-refractivity contribution in [2.24, 2.45) is 0 Å². The second-order valence-corrected chi connectivity index (χ2v) is 5.40. The highest BCUT2D eigenvalue weighted by molar-refractivity contribution is 5.48. The summed E-state index contributed by atoms with van der Waals surface area (Å²) in [5, 5.41) is 0. The zero-order valence-corrected chi connectivity index (χ0v) is 11.1. The minimum Gasteiger partial charge on any atom is -0.320 e. The number of likely N-dealkylation sites (N-methyl/N-ethyl adjacent to an activating group) is 1. The molecule has 0 aromatic heterocycles. The van der Waals surface area contributed by atoms with E-state index in [1.54, 1.807) is 0 Å². The molecular formula is C16H24N+. The quantitative estimate of drug-likeness (QED) is 0.692. The van der Waals surface area contributed by atoms with Crippen LogP contribution in [-0.4, -0.2) is 30.7 Å². The van der Waals surface area contributed by atoms with Crippen LogP contribution in [-0.2, 0) is 0 Å². The van der Waals surface area contributed by atoms with Gasteiger partial charge in [-0.3, -0.25) is 0 Å². The van der Waals surface area contributed by atoms with E-state index in [1.807, 2.05) is 0 Å². The molecule has 0 spiro atoms. The Balaban J connectivity index is 1.95. The molecular weight excluding hydrogens is 206 g/mol. The Morgan fingerprint density at radius 3 is 2.76 bits per heavy atom. The fourth-order valence-corrected chi connectivity index (χ4v) is 3.06. The highest BCUT2D eigenvalue weighted by Gasteiger charge is 2.35. The minimum atomic E-state index is 0.871. The van der Waals surface area contributed by atoms with Gasteiger partial charge in [0.2, 0.25) is 0 Å². The van der Waals surface area contributed by atoms with Gasteiger partial charge in [0.15, 0.2) is 0 Å². The molecule has 1 aliphatic rings. The topological polar surface area (TPSA) is 0 Å². The number of hydrogen-bond acceptors (Lipinski definition) is 0. The Morgan fingerprint density at radius 1 is 1.29 bits per heavy atom. The van der Waals surface area contributed by atoms with Crippen LogP contribution in [0.5, 0.6) is 0 Å². The van der Waals surface area contributed by atoms with E-state index in [1.165, 1.54) is 42.4 Å². The van der Waals surface area contributed by atoms with Crippen LogP contribution in [0, 0.1) is 0 Å². The lowest BCUT2D eigenvalue weighted by Gasteiger charge is -2.34. The van der Waals surface area contributed by atoms with Gasteiger partial charge in [0.25, 0.3) is 0 Å². The van der Waals surface area contributed by atoms with Gasteiger partial charge in [-0.05, 0) is 18.1 Å². The fourth-order valence-electron chi connectivity index (χ4n) is 3.06. The molecule has 1 aromatic carbocycles. The zero-order chi connectivity index (χ0) is 12.1. The van der Waals surface area contributed by atoms with Crippen LogP contribution >= 0.6 is 0 Å². The highest BCUT2D eigenvalue weighted by Crippen LogP contribution is 2.26. The summed E-state index contributed by atoms with van der Waals surface area (Å²) in [6.45, 7) is 4.85. The molecule has 1 aliphatic heterocycles. The number of nitrogens with zero attached hydrogens (tertiary/aromatic N) is 1. The van der Waals surface area contributed by atoms with Crippen LogP contribution in [0.3, 0.4) is 0 Å². The Labute approximate surface area is 105 Å². The average Bonchev–Trinajstić information content (AvgIpc) is 2.72. The van der Waals surface area contributed by atoms with E-state index in [2.05, 4.69) is 56.5 Å². The summed E-state index contributed by atoms with van der Waals surface area (Å²) in [4.78, 5) is 0. The second kappa shape index (κ2) is 5.50. The van der Waals surface area contributed by atoms with Crippen molar-refractivity contribution in [2.45, 2.75) is 32.2 Å². The number of likely N-dealkylation sites (tertiary alicyclic amines) is 1. The molecule has 1 nitrogen and oxygen atoms in total. The van der Waals surface area contributed by atoms with Gasteiger partial charge < -0.3 is 4.48 Å². The van der Waals surface area contributed by atoms with Crippen molar-refractivity contribution < 1.29 is 4.48 Å². The maximum Gasteiger partial charge on any atom is 0.0977 e. The van der Waals surface area contributed by atoms with Gasteiger partial charge in [0, 0.05) is 12.8 Å². The van der Waals surface area contributed by atoms with Crippen molar-refractivity contribution in [3.8, 4) is 0 Å². The maximum absolute atomic E-state index is 2.41. The molecule has 1 saturated heterocycles. The molecule has 2 atom stereocenters. The first-order chi connectivity index (χ1) is 8.24. The molecule has 0 aliphatic carbocycles. The average molecular weight is 230 g/mol. The molecule has 0 N–H and O–H groups in total. The Bertz CT molecular complexity index is 368. The fraction of sp³-hybridized carbons (Fsp3) is 0.500. The van der Waals surface area contributed by atoms with Crippen molar-refractivity contribution in [1.82, 2.24) is 0 Å². The molecule has 1 fully saturated rings. The first-order valence-corrected chi connectivity index (χ1v) is 6.80. The van der Waals surface area contributed by atoms with Gasteiger partial charge in [-0.1, -0.05) is 43.3 Å². The minimum absolute atomic E-state index is 0.871. The lowest BCUT2D eigenvalue weighted by Crippen LogP contribution is -2.47. The van der Waals surface area contributed by atoms with Crippen LogP contribution in [0.4, 0.5) is 0 Å². The molecule has 0 bridgehead atoms. The molecule has 1 aromatic rings. The zero-order valence-electron chi connectivity index (χ0n) is 11.1. The van der Waals surface area contributed by atoms with Crippen molar-refractivity contribution in [1.29, 1.82) is 0 Å². The van der Waals surface area contributed by atoms with E-state index in [0.717, 1.165) is 6.04 Å². The summed E-state index contributed by atoms with van der Waals surface area (Å²) >= 11 is 0. The summed E-state index contributed by atoms with van der Waals surface area (Å²) in [6.07, 6.45) is 8.73. The van der Waals surface area contributed by atoms with E-state index >= 15 is 0 Å². The second-order valence-electron chi connectivity index (χ2n) is 5.40. The molecule has 0 amide bonds. The van der Waals surface area contributed by atoms with Crippen LogP contribution in [0.15, 0.2) is 36.4 Å². The van der Waals surface area contributed by atoms with Crippen molar-refractivity contribution in [3.05, 3.63) is 42.0 Å². The van der Waals surface area contributed by atoms with Crippen LogP contribution in [0.1, 0.15) is 31.7 Å². The van der Waals surface area contributed by atoms with Crippen molar-refractivity contribution >= 4 is 6.08 Å². The first-order valence-electron chi connectivity index (χ1n) is 6.80. The molecule has 0 saturated carbocycles. The summed E-state index contributed by atoms with van der Waals surface area (Å²) in [6, 6.07) is 11.5. The third-order valence-corrected chi connectivity index (χ3v) is 4.19. The SMILES string of the molecule is CC[C@@H]1CCC[N+]1(C)C/C=C/c1ccccc1. The van der Waals surface area contributed by atoms with Crippen molar-refractivity contribution in [3.63, 3.8) is 0 Å². The summed E-state index contributed by atoms with van der Waals surface area (Å²) in [5.74, 6) is 0. The first kappa shape index (κ1) is 12.4. The van der Waals surface area contributed by atoms with Crippen LogP contribution < -0.4 is 0 Å². The van der Waals surface area contributed by atoms with E-state index in [-0.39, 0.29) is 0 Å². The van der Waals surface area contributed by atoms with Crippen LogP contribution in [0.25, 0.3) is 6.08 Å². The predicted molar refractivity (Wildman–Crippen MR) is 74.7 cm³/mol. The Kier molecular flexibility index (Phi) is 4.01. The predicted octanol–water partition coefficient (Wildman–Crippen LogP) is 3.72. The molecule has 92 valence electrons. The molecule has 0 radical (unpaired) electrons. The lowest BCUT2D eigenvalue weighted by atomic mass is 10.1. The highest BCUT2D eigenvalue weighted by atomic mass is 15.4. The van der Waals surface area contributed by atoms with E-state index in [0.29, 0.717) is 0 Å². The largest absolute Gasteiger partial charge is 0.320 e. The number of benzene rings is 1. The number of rotatable bonds is 4. The third-order valence-electron chi connectivity index (χ3n) is 4.19. The monoisotopic (exact) mass is 230 g/mol. The van der Waals surface area contributed by atoms with Gasteiger partial charge in [-0.15, -0.1) is 0 Å². The van der Waals surface area contributed by atoms with Gasteiger partial charge in [0.05, 0.1) is 26.2 Å². The summed E-state index contributed by atoms with van der Waals surface area (Å²) < 4.78 is 1.24. The van der Waals surface area contributed by atoms with E-state index < -0.39 is 0 Å². The molecule has 1 heterocycles. The van der Waals surface area contributed by atoms with Gasteiger partial charge in [-0.25, -0.2) is 0 Å². The maximum atomic E-state index is 2.41. The third kappa shape index (κ3) is 2.98. The normalized spacial score (nSPS) is 28.9. The lowest BCUT2D eigenvalue weighted by molar-refractivity contribution is -0.915. The van der Waals surface area contributed by atoms with Crippen LogP contribution in [0.2, 0.25) is 0 Å². The molecule has 1 unspecified atom stereocenters. The Morgan fingerprint density at radius 2 is 2.06 bits per heavy atom.